The molecule has 3 aromatic carbocycles. The molecule has 3 nitrogen and oxygen atoms in total. The molecule has 0 fully saturated rings. The minimum Gasteiger partial charge on any atom is -0.207 e. The van der Waals surface area contributed by atoms with Gasteiger partial charge in [-0.25, -0.2) is 17.5 Å². The third-order valence-electron chi connectivity index (χ3n) is 3.77. The topological polar surface area (TPSA) is 46.2 Å². The third kappa shape index (κ3) is 3.25. The maximum atomic E-state index is 13.3. The molecule has 0 atom stereocenters. The van der Waals surface area contributed by atoms with E-state index in [-0.39, 0.29) is 11.4 Å². The second kappa shape index (κ2) is 6.10. The van der Waals surface area contributed by atoms with Gasteiger partial charge < -0.3 is 0 Å². The molecule has 0 radical (unpaired) electrons. The molecule has 0 aliphatic heterocycles. The number of hydrogen-bond acceptors (Lipinski definition) is 2. The number of rotatable bonds is 4. The number of nitrogens with one attached hydrogen (secondary N) is 1. The number of hydrogen-bond donors (Lipinski definition) is 1. The zero-order valence-corrected chi connectivity index (χ0v) is 13.4. The Hall–Kier alpha value is -2.24. The molecule has 0 amide bonds. The lowest BCUT2D eigenvalue weighted by Gasteiger charge is -2.10. The average molecular weight is 329 g/mol. The summed E-state index contributed by atoms with van der Waals surface area (Å²) in [6.07, 6.45) is 0. The predicted molar refractivity (Wildman–Crippen MR) is 89.1 cm³/mol. The smallest absolute Gasteiger partial charge is 0.207 e. The van der Waals surface area contributed by atoms with Gasteiger partial charge in [0.2, 0.25) is 10.0 Å². The van der Waals surface area contributed by atoms with Crippen molar-refractivity contribution in [3.8, 4) is 0 Å². The highest BCUT2D eigenvalue weighted by molar-refractivity contribution is 7.89. The highest BCUT2D eigenvalue weighted by atomic mass is 32.2. The van der Waals surface area contributed by atoms with Crippen LogP contribution in [0.2, 0.25) is 0 Å². The monoisotopic (exact) mass is 329 g/mol. The molecule has 0 bridgehead atoms. The van der Waals surface area contributed by atoms with E-state index in [4.69, 9.17) is 0 Å². The number of fused-ring (bicyclic) bond motifs is 1. The Bertz CT molecular complexity index is 962. The van der Waals surface area contributed by atoms with Crippen molar-refractivity contribution in [2.24, 2.45) is 0 Å². The summed E-state index contributed by atoms with van der Waals surface area (Å²) in [6.45, 7) is 1.72. The van der Waals surface area contributed by atoms with Crippen LogP contribution < -0.4 is 4.72 Å². The normalized spacial score (nSPS) is 11.7. The molecule has 3 aromatic rings. The molecule has 23 heavy (non-hydrogen) atoms. The largest absolute Gasteiger partial charge is 0.240 e. The van der Waals surface area contributed by atoms with Crippen molar-refractivity contribution in [3.05, 3.63) is 77.6 Å². The van der Waals surface area contributed by atoms with Gasteiger partial charge in [0.15, 0.2) is 0 Å². The van der Waals surface area contributed by atoms with Crippen LogP contribution in [-0.4, -0.2) is 8.42 Å². The zero-order valence-electron chi connectivity index (χ0n) is 12.6. The first-order valence-corrected chi connectivity index (χ1v) is 8.68. The van der Waals surface area contributed by atoms with E-state index in [9.17, 15) is 12.8 Å². The fourth-order valence-corrected chi connectivity index (χ4v) is 3.58. The van der Waals surface area contributed by atoms with Crippen LogP contribution in [0.15, 0.2) is 65.6 Å². The van der Waals surface area contributed by atoms with Crippen LogP contribution in [0.25, 0.3) is 10.8 Å². The van der Waals surface area contributed by atoms with Crippen molar-refractivity contribution in [2.75, 3.05) is 0 Å². The van der Waals surface area contributed by atoms with Crippen molar-refractivity contribution in [3.63, 3.8) is 0 Å². The van der Waals surface area contributed by atoms with Crippen LogP contribution in [0.5, 0.6) is 0 Å². The predicted octanol–water partition coefficient (Wildman–Crippen LogP) is 3.77. The van der Waals surface area contributed by atoms with Gasteiger partial charge in [0, 0.05) is 6.54 Å². The summed E-state index contributed by atoms with van der Waals surface area (Å²) in [6, 6.07) is 17.3. The lowest BCUT2D eigenvalue weighted by molar-refractivity contribution is 0.580. The Balaban J connectivity index is 1.87. The quantitative estimate of drug-likeness (QED) is 0.792. The second-order valence-electron chi connectivity index (χ2n) is 5.37. The van der Waals surface area contributed by atoms with Gasteiger partial charge in [0.05, 0.1) is 4.90 Å². The van der Waals surface area contributed by atoms with Crippen LogP contribution in [0.1, 0.15) is 11.1 Å². The molecular formula is C18H16FNO2S. The fourth-order valence-electron chi connectivity index (χ4n) is 2.49. The Labute approximate surface area is 134 Å². The minimum absolute atomic E-state index is 0.0663. The zero-order chi connectivity index (χ0) is 16.4. The van der Waals surface area contributed by atoms with E-state index < -0.39 is 15.8 Å². The summed E-state index contributed by atoms with van der Waals surface area (Å²) in [4.78, 5) is 0.0663. The molecule has 0 unspecified atom stereocenters. The molecule has 118 valence electrons. The van der Waals surface area contributed by atoms with Crippen LogP contribution in [0.3, 0.4) is 0 Å². The van der Waals surface area contributed by atoms with Gasteiger partial charge in [-0.2, -0.15) is 0 Å². The van der Waals surface area contributed by atoms with E-state index in [0.717, 1.165) is 16.3 Å². The molecule has 0 aliphatic carbocycles. The van der Waals surface area contributed by atoms with Gasteiger partial charge in [-0.1, -0.05) is 42.5 Å². The lowest BCUT2D eigenvalue weighted by Crippen LogP contribution is -2.23. The van der Waals surface area contributed by atoms with E-state index in [0.29, 0.717) is 5.56 Å². The van der Waals surface area contributed by atoms with Crippen molar-refractivity contribution in [1.29, 1.82) is 0 Å². The minimum atomic E-state index is -3.68. The van der Waals surface area contributed by atoms with Gasteiger partial charge in [0.25, 0.3) is 0 Å². The van der Waals surface area contributed by atoms with Crippen molar-refractivity contribution in [2.45, 2.75) is 18.4 Å². The van der Waals surface area contributed by atoms with Gasteiger partial charge in [-0.3, -0.25) is 0 Å². The number of halogens is 1. The molecule has 5 heteroatoms. The van der Waals surface area contributed by atoms with Gasteiger partial charge in [-0.15, -0.1) is 0 Å². The number of sulfonamides is 1. The molecule has 1 N–H and O–H groups in total. The first-order valence-electron chi connectivity index (χ1n) is 7.20. The maximum Gasteiger partial charge on any atom is 0.240 e. The summed E-state index contributed by atoms with van der Waals surface area (Å²) in [7, 11) is -3.68. The van der Waals surface area contributed by atoms with E-state index in [1.165, 1.54) is 18.2 Å². The number of aryl methyl sites for hydroxylation is 1. The summed E-state index contributed by atoms with van der Waals surface area (Å²) in [5, 5.41) is 2.06. The summed E-state index contributed by atoms with van der Waals surface area (Å²) in [5.74, 6) is -0.419. The molecule has 0 saturated carbocycles. The Morgan fingerprint density at radius 3 is 2.52 bits per heavy atom. The Kier molecular flexibility index (Phi) is 4.15. The molecule has 0 spiro atoms. The maximum absolute atomic E-state index is 13.3. The van der Waals surface area contributed by atoms with Crippen molar-refractivity contribution < 1.29 is 12.8 Å². The van der Waals surface area contributed by atoms with E-state index in [1.54, 1.807) is 6.92 Å². The van der Waals surface area contributed by atoms with Crippen LogP contribution in [-0.2, 0) is 16.6 Å². The first kappa shape index (κ1) is 15.6. The molecule has 0 aromatic heterocycles. The average Bonchev–Trinajstić information content (AvgIpc) is 2.55. The molecule has 0 saturated heterocycles. The Morgan fingerprint density at radius 2 is 1.74 bits per heavy atom. The van der Waals surface area contributed by atoms with Crippen LogP contribution in [0.4, 0.5) is 4.39 Å². The highest BCUT2D eigenvalue weighted by Gasteiger charge is 2.15. The van der Waals surface area contributed by atoms with Crippen LogP contribution in [0, 0.1) is 12.7 Å². The molecule has 3 rings (SSSR count). The third-order valence-corrected chi connectivity index (χ3v) is 5.17. The van der Waals surface area contributed by atoms with Gasteiger partial charge in [-0.05, 0) is 47.0 Å². The fraction of sp³-hybridized carbons (Fsp3) is 0.111. The molecule has 0 aliphatic rings. The number of benzene rings is 3. The van der Waals surface area contributed by atoms with Gasteiger partial charge >= 0.3 is 0 Å². The summed E-state index contributed by atoms with van der Waals surface area (Å²) in [5.41, 5.74) is 1.20. The molecular weight excluding hydrogens is 313 g/mol. The van der Waals surface area contributed by atoms with Gasteiger partial charge in [0.1, 0.15) is 5.82 Å². The van der Waals surface area contributed by atoms with Crippen LogP contribution >= 0.6 is 0 Å². The Morgan fingerprint density at radius 1 is 1.00 bits per heavy atom. The summed E-state index contributed by atoms with van der Waals surface area (Å²) < 4.78 is 40.6. The van der Waals surface area contributed by atoms with E-state index in [2.05, 4.69) is 4.72 Å². The molecule has 0 heterocycles. The second-order valence-corrected chi connectivity index (χ2v) is 7.14. The van der Waals surface area contributed by atoms with E-state index >= 15 is 0 Å². The van der Waals surface area contributed by atoms with E-state index in [1.807, 2.05) is 42.5 Å². The van der Waals surface area contributed by atoms with Crippen molar-refractivity contribution in [1.82, 2.24) is 4.72 Å². The standard InChI is InChI=1S/C18H16FNO2S/c1-13-11-16(9-10-18(13)19)23(21,22)20-12-15-7-4-6-14-5-2-3-8-17(14)15/h2-11,20H,12H2,1H3. The SMILES string of the molecule is Cc1cc(S(=O)(=O)NCc2cccc3ccccc23)ccc1F. The van der Waals surface area contributed by atoms with Crippen molar-refractivity contribution >= 4 is 20.8 Å². The lowest BCUT2D eigenvalue weighted by atomic mass is 10.1. The first-order chi connectivity index (χ1) is 11.0. The summed E-state index contributed by atoms with van der Waals surface area (Å²) >= 11 is 0. The highest BCUT2D eigenvalue weighted by Crippen LogP contribution is 2.19.